The van der Waals surface area contributed by atoms with Crippen LogP contribution in [0, 0.1) is 13.8 Å². The van der Waals surface area contributed by atoms with Crippen LogP contribution in [-0.2, 0) is 20.4 Å². The Labute approximate surface area is 328 Å². The highest BCUT2D eigenvalue weighted by Gasteiger charge is 2.50. The van der Waals surface area contributed by atoms with Crippen molar-refractivity contribution in [1.82, 2.24) is 10.6 Å². The fraction of sp³-hybridized carbons (Fsp3) is 0.367. The smallest absolute Gasteiger partial charge is 0.226 e. The van der Waals surface area contributed by atoms with Gasteiger partial charge in [-0.15, -0.1) is 0 Å². The number of benzene rings is 4. The Balaban J connectivity index is 1.35. The number of rotatable bonds is 14. The Morgan fingerprint density at radius 2 is 1.24 bits per heavy atom. The van der Waals surface area contributed by atoms with Gasteiger partial charge in [0.15, 0.2) is 12.3 Å². The number of fused-ring (bicyclic) bond motifs is 6. The van der Waals surface area contributed by atoms with Crippen LogP contribution in [0.25, 0.3) is 21.5 Å². The Kier molecular flexibility index (Phi) is 11.9. The molecule has 55 heavy (non-hydrogen) atoms. The fourth-order valence-electron chi connectivity index (χ4n) is 9.44. The third-order valence-corrected chi connectivity index (χ3v) is 12.5. The summed E-state index contributed by atoms with van der Waals surface area (Å²) in [6.45, 7) is 14.7. The molecular formula is C49H59N4O2+. The molecule has 0 saturated carbocycles. The van der Waals surface area contributed by atoms with Gasteiger partial charge in [0.2, 0.25) is 17.5 Å². The Hall–Kier alpha value is -5.23. The van der Waals surface area contributed by atoms with E-state index >= 15 is 0 Å². The first-order chi connectivity index (χ1) is 26.6. The number of nitrogens with zero attached hydrogens (tertiary/aromatic N) is 2. The van der Waals surface area contributed by atoms with Crippen LogP contribution in [0.3, 0.4) is 0 Å². The molecule has 0 spiro atoms. The Morgan fingerprint density at radius 1 is 0.673 bits per heavy atom. The molecule has 286 valence electrons. The van der Waals surface area contributed by atoms with E-state index in [0.29, 0.717) is 25.9 Å². The van der Waals surface area contributed by atoms with E-state index in [1.54, 1.807) is 14.1 Å². The van der Waals surface area contributed by atoms with Crippen LogP contribution in [0.4, 0.5) is 11.4 Å². The van der Waals surface area contributed by atoms with Gasteiger partial charge in [0.25, 0.3) is 0 Å². The van der Waals surface area contributed by atoms with E-state index in [2.05, 4.69) is 165 Å². The van der Waals surface area contributed by atoms with Gasteiger partial charge in [-0.3, -0.25) is 9.59 Å². The van der Waals surface area contributed by atoms with E-state index in [1.165, 1.54) is 66.6 Å². The van der Waals surface area contributed by atoms with Gasteiger partial charge < -0.3 is 15.5 Å². The first kappa shape index (κ1) is 39.5. The Morgan fingerprint density at radius 3 is 1.85 bits per heavy atom. The lowest BCUT2D eigenvalue weighted by Crippen LogP contribution is -2.34. The van der Waals surface area contributed by atoms with Crippen molar-refractivity contribution in [3.8, 4) is 0 Å². The van der Waals surface area contributed by atoms with Gasteiger partial charge in [0.05, 0.1) is 11.8 Å². The molecule has 0 aromatic heterocycles. The summed E-state index contributed by atoms with van der Waals surface area (Å²) in [6.07, 6.45) is 19.8. The first-order valence-corrected chi connectivity index (χ1v) is 20.3. The molecule has 2 N–H and O–H groups in total. The SMILES string of the molecule is CCC1(CC)C(/C=C/C=C/C=C/C=C2/N(CCC(=O)NC)c3ccc4cc(C)ccc4c3C2(CC)CC)=[N+](CCC(=O)NC)c2ccc3cc(C)ccc3c21. The summed E-state index contributed by atoms with van der Waals surface area (Å²) in [4.78, 5) is 27.4. The van der Waals surface area contributed by atoms with Gasteiger partial charge in [0, 0.05) is 61.6 Å². The van der Waals surface area contributed by atoms with Crippen molar-refractivity contribution < 1.29 is 14.2 Å². The second kappa shape index (κ2) is 16.6. The minimum atomic E-state index is -0.167. The number of allylic oxidation sites excluding steroid dienone is 8. The molecule has 6 nitrogen and oxygen atoms in total. The highest BCUT2D eigenvalue weighted by atomic mass is 16.2. The lowest BCUT2D eigenvalue weighted by Gasteiger charge is -2.32. The summed E-state index contributed by atoms with van der Waals surface area (Å²) >= 11 is 0. The minimum Gasteiger partial charge on any atom is -0.359 e. The highest BCUT2D eigenvalue weighted by molar-refractivity contribution is 6.08. The maximum atomic E-state index is 12.5. The van der Waals surface area contributed by atoms with Crippen LogP contribution >= 0.6 is 0 Å². The van der Waals surface area contributed by atoms with Crippen molar-refractivity contribution in [3.63, 3.8) is 0 Å². The van der Waals surface area contributed by atoms with Crippen molar-refractivity contribution >= 4 is 50.4 Å². The predicted octanol–water partition coefficient (Wildman–Crippen LogP) is 10.2. The average Bonchev–Trinajstić information content (AvgIpc) is 3.64. The first-order valence-electron chi connectivity index (χ1n) is 20.3. The quantitative estimate of drug-likeness (QED) is 0.100. The van der Waals surface area contributed by atoms with Gasteiger partial charge in [0.1, 0.15) is 0 Å². The van der Waals surface area contributed by atoms with Crippen molar-refractivity contribution in [3.05, 3.63) is 131 Å². The molecule has 0 fully saturated rings. The fourth-order valence-corrected chi connectivity index (χ4v) is 9.44. The van der Waals surface area contributed by atoms with E-state index in [4.69, 9.17) is 0 Å². The molecule has 0 radical (unpaired) electrons. The molecule has 6 heteroatoms. The summed E-state index contributed by atoms with van der Waals surface area (Å²) in [5, 5.41) is 10.7. The summed E-state index contributed by atoms with van der Waals surface area (Å²) in [5.74, 6) is 0.0869. The molecule has 0 atom stereocenters. The summed E-state index contributed by atoms with van der Waals surface area (Å²) in [5.41, 5.74) is 9.82. The van der Waals surface area contributed by atoms with Gasteiger partial charge >= 0.3 is 0 Å². The zero-order valence-corrected chi connectivity index (χ0v) is 34.2. The van der Waals surface area contributed by atoms with Crippen molar-refractivity contribution in [1.29, 1.82) is 0 Å². The van der Waals surface area contributed by atoms with Crippen molar-refractivity contribution in [2.45, 2.75) is 90.9 Å². The monoisotopic (exact) mass is 735 g/mol. The molecule has 0 unspecified atom stereocenters. The van der Waals surface area contributed by atoms with E-state index in [-0.39, 0.29) is 22.6 Å². The standard InChI is InChI=1S/C49H58N4O2/c1-9-48(10-2)42(52(30-28-44(54)50-7)40-26-22-36-32-34(5)20-24-38(36)46(40)48)18-16-14-13-15-17-19-43-49(11-3,12-4)47-39-25-21-35(6)33-37(39)23-27-41(47)53(43)31-29-45(55)51-8/h13-27,32-33H,9-12,28-31H2,1-8H3,(H-,50,51,54,55)/p+1. The normalized spacial score (nSPS) is 16.7. The lowest BCUT2D eigenvalue weighted by molar-refractivity contribution is -0.436. The topological polar surface area (TPSA) is 64.5 Å². The minimum absolute atomic E-state index is 0.0435. The van der Waals surface area contributed by atoms with Crippen LogP contribution in [0.15, 0.2) is 109 Å². The highest BCUT2D eigenvalue weighted by Crippen LogP contribution is 2.55. The van der Waals surface area contributed by atoms with Gasteiger partial charge in [-0.25, -0.2) is 0 Å². The van der Waals surface area contributed by atoms with Gasteiger partial charge in [-0.2, -0.15) is 4.58 Å². The zero-order valence-electron chi connectivity index (χ0n) is 34.2. The van der Waals surface area contributed by atoms with Crippen LogP contribution in [-0.4, -0.2) is 49.3 Å². The predicted molar refractivity (Wildman–Crippen MR) is 232 cm³/mol. The zero-order chi connectivity index (χ0) is 39.3. The number of carbonyl (C=O) groups is 2. The largest absolute Gasteiger partial charge is 0.359 e. The number of carbonyl (C=O) groups excluding carboxylic acids is 2. The maximum absolute atomic E-state index is 12.5. The molecule has 4 aromatic carbocycles. The van der Waals surface area contributed by atoms with E-state index in [9.17, 15) is 9.59 Å². The van der Waals surface area contributed by atoms with Crippen molar-refractivity contribution in [2.75, 3.05) is 32.1 Å². The summed E-state index contributed by atoms with van der Waals surface area (Å²) < 4.78 is 2.38. The number of aryl methyl sites for hydroxylation is 2. The summed E-state index contributed by atoms with van der Waals surface area (Å²) in [6, 6.07) is 22.5. The molecule has 2 aliphatic heterocycles. The number of nitrogens with one attached hydrogen (secondary N) is 2. The van der Waals surface area contributed by atoms with Crippen LogP contribution < -0.4 is 15.5 Å². The van der Waals surface area contributed by atoms with Crippen molar-refractivity contribution in [2.24, 2.45) is 0 Å². The molecule has 6 rings (SSSR count). The molecular weight excluding hydrogens is 677 g/mol. The second-order valence-corrected chi connectivity index (χ2v) is 15.2. The van der Waals surface area contributed by atoms with E-state index < -0.39 is 0 Å². The third kappa shape index (κ3) is 7.08. The van der Waals surface area contributed by atoms with Crippen LogP contribution in [0.1, 0.15) is 88.5 Å². The van der Waals surface area contributed by atoms with Gasteiger partial charge in [-0.1, -0.05) is 112 Å². The van der Waals surface area contributed by atoms with E-state index in [0.717, 1.165) is 25.7 Å². The average molecular weight is 736 g/mol. The molecule has 0 aliphatic carbocycles. The van der Waals surface area contributed by atoms with Crippen LogP contribution in [0.2, 0.25) is 0 Å². The van der Waals surface area contributed by atoms with E-state index in [1.807, 2.05) is 0 Å². The maximum Gasteiger partial charge on any atom is 0.226 e. The molecule has 2 aliphatic rings. The lowest BCUT2D eigenvalue weighted by atomic mass is 9.71. The molecule has 2 heterocycles. The number of anilines is 1. The molecule has 0 saturated heterocycles. The van der Waals surface area contributed by atoms with Gasteiger partial charge in [-0.05, 0) is 84.8 Å². The number of amides is 2. The Bertz CT molecular complexity index is 2260. The second-order valence-electron chi connectivity index (χ2n) is 15.2. The number of hydrogen-bond acceptors (Lipinski definition) is 3. The molecule has 4 aromatic rings. The summed E-state index contributed by atoms with van der Waals surface area (Å²) in [7, 11) is 3.41. The number of hydrogen-bond donors (Lipinski definition) is 2. The van der Waals surface area contributed by atoms with Crippen LogP contribution in [0.5, 0.6) is 0 Å². The molecule has 2 amide bonds. The third-order valence-electron chi connectivity index (χ3n) is 12.5. The molecule has 0 bridgehead atoms.